The molecule has 2 amide bonds. The maximum absolute atomic E-state index is 12.5. The monoisotopic (exact) mass is 1260 g/mol. The molecule has 496 valence electrons. The quantitative estimate of drug-likeness (QED) is 0.0507. The van der Waals surface area contributed by atoms with Crippen molar-refractivity contribution < 1.29 is 188 Å². The van der Waals surface area contributed by atoms with Gasteiger partial charge in [0.05, 0.1) is 33.0 Å². The van der Waals surface area contributed by atoms with Crippen molar-refractivity contribution >= 4 is 23.8 Å². The van der Waals surface area contributed by atoms with Crippen molar-refractivity contribution in [1.29, 1.82) is 0 Å². The summed E-state index contributed by atoms with van der Waals surface area (Å²) in [7, 11) is 0. The summed E-state index contributed by atoms with van der Waals surface area (Å²) < 4.78 is 72.4. The summed E-state index contributed by atoms with van der Waals surface area (Å²) in [5.41, 5.74) is 0. The summed E-state index contributed by atoms with van der Waals surface area (Å²) in [4.78, 5) is 48.4. The molecule has 35 atom stereocenters. The Labute approximate surface area is 483 Å². The van der Waals surface area contributed by atoms with Crippen LogP contribution in [0.1, 0.15) is 13.8 Å². The van der Waals surface area contributed by atoms with Crippen molar-refractivity contribution in [2.24, 2.45) is 0 Å². The number of aliphatic hydroxyl groups is 19. The first kappa shape index (κ1) is 70.1. The lowest BCUT2D eigenvalue weighted by molar-refractivity contribution is -0.383. The topological polar surface area (TPSA) is 637 Å². The lowest BCUT2D eigenvalue weighted by atomic mass is 9.94. The normalized spacial score (nSPS) is 49.3. The van der Waals surface area contributed by atoms with E-state index in [1.54, 1.807) is 0 Å². The molecule has 7 heterocycles. The fraction of sp³-hybridized carbons (Fsp3) is 0.913. The molecule has 0 radical (unpaired) electrons. The van der Waals surface area contributed by atoms with E-state index in [1.807, 2.05) is 0 Å². The summed E-state index contributed by atoms with van der Waals surface area (Å²) in [6.45, 7) is -3.18. The van der Waals surface area contributed by atoms with Crippen LogP contribution in [0.5, 0.6) is 0 Å². The van der Waals surface area contributed by atoms with Gasteiger partial charge >= 0.3 is 11.9 Å². The highest BCUT2D eigenvalue weighted by Gasteiger charge is 2.59. The summed E-state index contributed by atoms with van der Waals surface area (Å²) >= 11 is 0. The van der Waals surface area contributed by atoms with E-state index in [4.69, 9.17) is 61.6 Å². The number of amides is 2. The number of hydrogen-bond donors (Lipinski definition) is 23. The van der Waals surface area contributed by atoms with Crippen LogP contribution in [0.25, 0.3) is 0 Å². The predicted octanol–water partition coefficient (Wildman–Crippen LogP) is -15.8. The molecule has 7 fully saturated rings. The van der Waals surface area contributed by atoms with Gasteiger partial charge in [-0.15, -0.1) is 0 Å². The van der Waals surface area contributed by atoms with Crippen LogP contribution in [-0.2, 0) is 80.8 Å². The van der Waals surface area contributed by atoms with Crippen LogP contribution in [0.4, 0.5) is 0 Å². The average molecular weight is 1260 g/mol. The van der Waals surface area contributed by atoms with Gasteiger partial charge in [-0.2, -0.15) is 0 Å². The minimum atomic E-state index is -2.29. The summed E-state index contributed by atoms with van der Waals surface area (Å²) in [5, 5.41) is 228. The molecule has 0 aromatic rings. The van der Waals surface area contributed by atoms with Crippen molar-refractivity contribution in [2.75, 3.05) is 33.0 Å². The van der Waals surface area contributed by atoms with Gasteiger partial charge in [0.1, 0.15) is 159 Å². The Morgan fingerprint density at radius 1 is 0.337 bits per heavy atom. The highest BCUT2D eigenvalue weighted by molar-refractivity contribution is 5.74. The number of ether oxygens (including phenoxy) is 13. The molecule has 0 spiro atoms. The minimum Gasteiger partial charge on any atom is -0.479 e. The number of carbonyl (C=O) groups is 4. The van der Waals surface area contributed by atoms with Gasteiger partial charge in [-0.25, -0.2) is 9.59 Å². The van der Waals surface area contributed by atoms with Gasteiger partial charge in [0.2, 0.25) is 11.8 Å². The molecular weight excluding hydrogens is 1190 g/mol. The summed E-state index contributed by atoms with van der Waals surface area (Å²) in [6.07, 6.45) is -67.9. The Kier molecular flexibility index (Phi) is 24.2. The molecule has 0 aromatic heterocycles. The Morgan fingerprint density at radius 2 is 0.686 bits per heavy atom. The van der Waals surface area contributed by atoms with E-state index in [2.05, 4.69) is 10.6 Å². The smallest absolute Gasteiger partial charge is 0.335 e. The van der Waals surface area contributed by atoms with Crippen LogP contribution in [0.15, 0.2) is 0 Å². The van der Waals surface area contributed by atoms with Gasteiger partial charge in [0, 0.05) is 13.8 Å². The van der Waals surface area contributed by atoms with Crippen LogP contribution < -0.4 is 10.6 Å². The first-order chi connectivity index (χ1) is 40.5. The Morgan fingerprint density at radius 3 is 1.07 bits per heavy atom. The Hall–Kier alpha value is -3.40. The van der Waals surface area contributed by atoms with Crippen LogP contribution in [0.2, 0.25) is 0 Å². The maximum Gasteiger partial charge on any atom is 0.335 e. The maximum atomic E-state index is 12.5. The number of carboxylic acids is 2. The molecule has 7 aliphatic heterocycles. The van der Waals surface area contributed by atoms with Gasteiger partial charge in [-0.05, 0) is 0 Å². The highest BCUT2D eigenvalue weighted by atomic mass is 16.8. The summed E-state index contributed by atoms with van der Waals surface area (Å²) in [5.74, 6) is -5.37. The zero-order valence-corrected chi connectivity index (χ0v) is 45.1. The van der Waals surface area contributed by atoms with Crippen LogP contribution >= 0.6 is 0 Å². The number of carbonyl (C=O) groups excluding carboxylic acids is 2. The first-order valence-electron chi connectivity index (χ1n) is 26.6. The third kappa shape index (κ3) is 14.8. The first-order valence-corrected chi connectivity index (χ1v) is 26.6. The van der Waals surface area contributed by atoms with Crippen molar-refractivity contribution in [1.82, 2.24) is 10.6 Å². The molecule has 40 heteroatoms. The molecule has 0 saturated carbocycles. The van der Waals surface area contributed by atoms with Gasteiger partial charge < -0.3 is 179 Å². The lowest BCUT2D eigenvalue weighted by Gasteiger charge is -2.50. The zero-order chi connectivity index (χ0) is 63.7. The number of rotatable bonds is 21. The number of aliphatic carboxylic acids is 2. The lowest BCUT2D eigenvalue weighted by Crippen LogP contribution is -2.70. The summed E-state index contributed by atoms with van der Waals surface area (Å²) in [6, 6.07) is -3.56. The van der Waals surface area contributed by atoms with Crippen molar-refractivity contribution in [3.05, 3.63) is 0 Å². The van der Waals surface area contributed by atoms with Crippen LogP contribution in [-0.4, -0.2) is 379 Å². The fourth-order valence-electron chi connectivity index (χ4n) is 10.7. The Balaban J connectivity index is 1.00. The number of carboxylic acid groups (broad SMARTS) is 2. The highest BCUT2D eigenvalue weighted by Crippen LogP contribution is 2.37. The van der Waals surface area contributed by atoms with Gasteiger partial charge in [-0.1, -0.05) is 0 Å². The molecule has 7 aliphatic rings. The molecule has 0 bridgehead atoms. The van der Waals surface area contributed by atoms with Crippen molar-refractivity contribution in [3.8, 4) is 0 Å². The second-order valence-electron chi connectivity index (χ2n) is 21.2. The molecule has 86 heavy (non-hydrogen) atoms. The van der Waals surface area contributed by atoms with E-state index >= 15 is 0 Å². The van der Waals surface area contributed by atoms with Crippen LogP contribution in [0, 0.1) is 0 Å². The average Bonchev–Trinajstić information content (AvgIpc) is 0.879. The van der Waals surface area contributed by atoms with Gasteiger partial charge in [-0.3, -0.25) is 9.59 Å². The third-order valence-electron chi connectivity index (χ3n) is 15.3. The van der Waals surface area contributed by atoms with E-state index in [1.165, 1.54) is 0 Å². The molecule has 0 aromatic carbocycles. The molecule has 7 rings (SSSR count). The Bertz CT molecular complexity index is 2230. The number of hydrogen-bond acceptors (Lipinski definition) is 36. The molecular formula is C46H74N2O38. The molecule has 1 unspecified atom stereocenters. The van der Waals surface area contributed by atoms with Gasteiger partial charge in [0.25, 0.3) is 0 Å². The van der Waals surface area contributed by atoms with E-state index in [9.17, 15) is 126 Å². The second-order valence-corrected chi connectivity index (χ2v) is 21.2. The van der Waals surface area contributed by atoms with Crippen molar-refractivity contribution in [2.45, 2.75) is 229 Å². The molecule has 7 saturated heterocycles. The van der Waals surface area contributed by atoms with Crippen LogP contribution in [0.3, 0.4) is 0 Å². The molecule has 40 nitrogen and oxygen atoms in total. The number of aliphatic hydroxyl groups excluding tert-OH is 19. The fourth-order valence-corrected chi connectivity index (χ4v) is 10.7. The predicted molar refractivity (Wildman–Crippen MR) is 256 cm³/mol. The van der Waals surface area contributed by atoms with Crippen molar-refractivity contribution in [3.63, 3.8) is 0 Å². The number of nitrogens with one attached hydrogen (secondary N) is 2. The van der Waals surface area contributed by atoms with E-state index < -0.39 is 272 Å². The van der Waals surface area contributed by atoms with E-state index in [-0.39, 0.29) is 0 Å². The minimum absolute atomic E-state index is 0.853. The largest absolute Gasteiger partial charge is 0.479 e. The van der Waals surface area contributed by atoms with Gasteiger partial charge in [0.15, 0.2) is 56.2 Å². The van der Waals surface area contributed by atoms with E-state index in [0.717, 1.165) is 13.8 Å². The van der Waals surface area contributed by atoms with E-state index in [0.29, 0.717) is 0 Å². The standard InChI is InChI=1S/C46H74N2O38/c1-8(53)47-15-20(58)31(80-45-29(67)33(18(56)10(3-49)76-45)82-43-27(65)22(60)25(63)35(84-43)38(69)70)12(5-51)78-41(15)74-7-14-17(55)24(62)37(40(73)75-14)86-42-16(48-9(2)54)21(59)32(13(6-52)79-42)81-46-30(68)34(19(57)11(4-50)77-46)83-44-28(66)23(61)26(64)36(85-44)39(71)72/h10-37,40-46,49-52,55-68,73H,3-7H2,1-2H3,(H,47,53)(H,48,54)(H,69,70)(H,71,72)/t10-,11-,12-,13-,14-,15-,16-,17-,18+,19+,20-,21-,22+,23+,24+,25+,26+,27-,28-,29-,30-,31-,32-,33+,34+,35+,36+,37+,40?,41-,42+,43-,44-,45+,46+/m1/s1. The molecule has 23 N–H and O–H groups in total. The molecule has 0 aliphatic carbocycles. The zero-order valence-electron chi connectivity index (χ0n) is 45.1. The third-order valence-corrected chi connectivity index (χ3v) is 15.3. The SMILES string of the molecule is CC(=O)N[C@H]1[C@H](OC[C@H]2OC(O)[C@@H](O[C@@H]3O[C@H](CO)[C@@H](O[C@@H]4O[C@H](CO)[C@H](O)[C@H](O[C@@H]5O[C@H](C(=O)O)[C@@H](O)[C@H](O)[C@H]5O)[C@H]4O)[C@H](O)[C@H]3NC(C)=O)[C@@H](O)[C@@H]2O)O[C@H](CO)[C@@H](O[C@@H]2O[C@H](CO)[C@H](O)[C@H](O[C@@H]3O[C@H](C(=O)O)[C@@H](O)[C@H](O)[C@H]3O)[C@H]2O)[C@@H]1O. The second kappa shape index (κ2) is 29.7.